The number of nitro benzene ring substituents is 1. The van der Waals surface area contributed by atoms with Gasteiger partial charge in [0.1, 0.15) is 37.0 Å². The van der Waals surface area contributed by atoms with Crippen molar-refractivity contribution in [3.63, 3.8) is 0 Å². The first-order valence-electron chi connectivity index (χ1n) is 20.0. The molecule has 2 heterocycles. The Morgan fingerprint density at radius 1 is 1.11 bits per heavy atom. The quantitative estimate of drug-likeness (QED) is 0.0470. The number of nitro groups is 1. The number of fused-ring (bicyclic) bond motifs is 2. The fourth-order valence-electron chi connectivity index (χ4n) is 8.85. The molecule has 4 aliphatic rings. The molecule has 14 heteroatoms. The number of aliphatic hydroxyl groups excluding tert-OH is 2. The van der Waals surface area contributed by atoms with Crippen molar-refractivity contribution < 1.29 is 43.7 Å². The number of carbonyl (C=O) groups is 1. The zero-order valence-electron chi connectivity index (χ0n) is 32.6. The average Bonchev–Trinajstić information content (AvgIpc) is 4.03. The molecule has 6 rings (SSSR count). The van der Waals surface area contributed by atoms with Gasteiger partial charge in [-0.05, 0) is 79.8 Å². The van der Waals surface area contributed by atoms with Crippen molar-refractivity contribution in [1.29, 1.82) is 0 Å². The molecule has 0 aromatic heterocycles. The van der Waals surface area contributed by atoms with Gasteiger partial charge >= 0.3 is 6.09 Å². The normalized spacial score (nSPS) is 25.6. The second-order valence-electron chi connectivity index (χ2n) is 15.0. The van der Waals surface area contributed by atoms with Gasteiger partial charge < -0.3 is 34.0 Å². The number of oxime groups is 1. The zero-order chi connectivity index (χ0) is 39.7. The fourth-order valence-corrected chi connectivity index (χ4v) is 8.85. The van der Waals surface area contributed by atoms with Crippen molar-refractivity contribution in [1.82, 2.24) is 9.80 Å². The van der Waals surface area contributed by atoms with Crippen molar-refractivity contribution >= 4 is 17.5 Å². The Bertz CT molecular complexity index is 1730. The molecule has 56 heavy (non-hydrogen) atoms. The lowest BCUT2D eigenvalue weighted by molar-refractivity contribution is -0.384. The highest BCUT2D eigenvalue weighted by molar-refractivity contribution is 6.03. The third-order valence-corrected chi connectivity index (χ3v) is 11.4. The predicted octanol–water partition coefficient (Wildman–Crippen LogP) is 6.46. The molecule has 1 saturated heterocycles. The van der Waals surface area contributed by atoms with Crippen LogP contribution in [0.15, 0.2) is 71.9 Å². The molecule has 304 valence electrons. The Balaban J connectivity index is 1.50. The Hall–Kier alpha value is -4.50. The van der Waals surface area contributed by atoms with E-state index in [1.165, 1.54) is 31.4 Å². The summed E-state index contributed by atoms with van der Waals surface area (Å²) in [4.78, 5) is 34.7. The molecule has 1 saturated carbocycles. The summed E-state index contributed by atoms with van der Waals surface area (Å²) < 4.78 is 26.4. The molecule has 0 bridgehead atoms. The first-order chi connectivity index (χ1) is 27.3. The number of benzene rings is 2. The van der Waals surface area contributed by atoms with Crippen molar-refractivity contribution in [2.24, 2.45) is 22.9 Å². The van der Waals surface area contributed by atoms with E-state index >= 15 is 0 Å². The number of rotatable bonds is 21. The molecule has 14 nitrogen and oxygen atoms in total. The standard InChI is InChI=1S/C42H56N4O10/c1-4-18-45(41(49)55-31-14-12-30(13-15-31)46(50)51)38-28-36(43-52-3)34-26-29(10-6-8-22-47)33(11-7-9-23-48)39-35-27-32(53-25-21-44-19-20-44)16-17-37(35)56-42(38,40(34)39)54-24-5-2/h5,12-17,26-27,29,33,38-40,47-48H,2,4,6-11,18-25,28H2,1,3H3. The van der Waals surface area contributed by atoms with Crippen LogP contribution in [0.5, 0.6) is 17.2 Å². The van der Waals surface area contributed by atoms with Crippen molar-refractivity contribution in [2.45, 2.75) is 76.0 Å². The smallest absolute Gasteiger partial charge is 0.415 e. The van der Waals surface area contributed by atoms with Gasteiger partial charge in [-0.3, -0.25) is 19.9 Å². The number of ether oxygens (including phenoxy) is 4. The van der Waals surface area contributed by atoms with Gasteiger partial charge in [0.15, 0.2) is 0 Å². The third-order valence-electron chi connectivity index (χ3n) is 11.4. The number of hydrogen-bond donors (Lipinski definition) is 2. The van der Waals surface area contributed by atoms with Crippen LogP contribution in [0.1, 0.15) is 69.8 Å². The van der Waals surface area contributed by atoms with E-state index < -0.39 is 28.8 Å². The fraction of sp³-hybridized carbons (Fsp3) is 0.571. The van der Waals surface area contributed by atoms with Crippen LogP contribution in [0.4, 0.5) is 10.5 Å². The molecule has 0 radical (unpaired) electrons. The van der Waals surface area contributed by atoms with Crippen molar-refractivity contribution in [3.8, 4) is 17.2 Å². The SMILES string of the molecule is C=CCOC12Oc3ccc(OCCN4CC4)cc3C3C(CCCCO)C(CCCCO)C=C(C(=NOC)CC1N(CCC)C(=O)Oc1ccc([N+](=O)[O-])cc1)C32. The molecule has 1 amide bonds. The highest BCUT2D eigenvalue weighted by Crippen LogP contribution is 2.62. The first kappa shape index (κ1) is 41.1. The maximum absolute atomic E-state index is 14.4. The summed E-state index contributed by atoms with van der Waals surface area (Å²) in [7, 11) is 1.51. The maximum Gasteiger partial charge on any atom is 0.415 e. The molecule has 2 aromatic rings. The van der Waals surface area contributed by atoms with E-state index in [9.17, 15) is 25.1 Å². The summed E-state index contributed by atoms with van der Waals surface area (Å²) in [5.41, 5.74) is 2.47. The third kappa shape index (κ3) is 9.04. The number of carbonyl (C=O) groups excluding carboxylic acids is 1. The summed E-state index contributed by atoms with van der Waals surface area (Å²) in [5.74, 6) is -0.361. The van der Waals surface area contributed by atoms with Crippen molar-refractivity contribution in [3.05, 3.63) is 82.4 Å². The lowest BCUT2D eigenvalue weighted by Gasteiger charge is -2.59. The van der Waals surface area contributed by atoms with Gasteiger partial charge in [0.25, 0.3) is 5.69 Å². The van der Waals surface area contributed by atoms with Crippen LogP contribution in [0.3, 0.4) is 0 Å². The van der Waals surface area contributed by atoms with Crippen LogP contribution in [0.25, 0.3) is 0 Å². The molecule has 2 fully saturated rings. The number of unbranched alkanes of at least 4 members (excludes halogenated alkanes) is 2. The van der Waals surface area contributed by atoms with Gasteiger partial charge in [-0.25, -0.2) is 4.79 Å². The average molecular weight is 777 g/mol. The summed E-state index contributed by atoms with van der Waals surface area (Å²) in [6.07, 6.45) is 8.75. The number of hydrogen-bond acceptors (Lipinski definition) is 12. The molecule has 2 N–H and O–H groups in total. The highest BCUT2D eigenvalue weighted by atomic mass is 16.7. The molecule has 6 unspecified atom stereocenters. The molecular formula is C42H56N4O10. The van der Waals surface area contributed by atoms with Gasteiger partial charge in [0, 0.05) is 69.4 Å². The summed E-state index contributed by atoms with van der Waals surface area (Å²) >= 11 is 0. The summed E-state index contributed by atoms with van der Waals surface area (Å²) in [6, 6.07) is 10.6. The number of aliphatic hydroxyl groups is 2. The second-order valence-corrected chi connectivity index (χ2v) is 15.0. The van der Waals surface area contributed by atoms with Crippen LogP contribution in [-0.2, 0) is 9.57 Å². The molecular weight excluding hydrogens is 720 g/mol. The number of nitrogens with zero attached hydrogens (tertiary/aromatic N) is 4. The van der Waals surface area contributed by atoms with Crippen LogP contribution in [-0.4, -0.2) is 108 Å². The Kier molecular flexibility index (Phi) is 14.0. The number of non-ortho nitro benzene ring substituents is 1. The van der Waals surface area contributed by atoms with Crippen LogP contribution in [0.2, 0.25) is 0 Å². The second kappa shape index (κ2) is 19.1. The first-order valence-corrected chi connectivity index (χ1v) is 20.0. The van der Waals surface area contributed by atoms with Gasteiger partial charge in [-0.2, -0.15) is 0 Å². The minimum absolute atomic E-state index is 0.0744. The van der Waals surface area contributed by atoms with Gasteiger partial charge in [-0.15, -0.1) is 6.58 Å². The lowest BCUT2D eigenvalue weighted by atomic mass is 9.55. The minimum atomic E-state index is -1.43. The Morgan fingerprint density at radius 2 is 1.84 bits per heavy atom. The van der Waals surface area contributed by atoms with E-state index in [4.69, 9.17) is 23.8 Å². The Morgan fingerprint density at radius 3 is 2.50 bits per heavy atom. The van der Waals surface area contributed by atoms with Crippen LogP contribution >= 0.6 is 0 Å². The van der Waals surface area contributed by atoms with E-state index in [0.717, 1.165) is 62.2 Å². The van der Waals surface area contributed by atoms with E-state index in [2.05, 4.69) is 28.8 Å². The number of amides is 1. The molecule has 2 aliphatic carbocycles. The molecule has 2 aliphatic heterocycles. The summed E-state index contributed by atoms with van der Waals surface area (Å²) in [5, 5.41) is 35.6. The lowest BCUT2D eigenvalue weighted by Crippen LogP contribution is -2.70. The highest BCUT2D eigenvalue weighted by Gasteiger charge is 2.65. The van der Waals surface area contributed by atoms with E-state index in [0.29, 0.717) is 37.3 Å². The molecule has 2 aromatic carbocycles. The molecule has 6 atom stereocenters. The van der Waals surface area contributed by atoms with E-state index in [-0.39, 0.29) is 62.0 Å². The van der Waals surface area contributed by atoms with E-state index in [1.807, 2.05) is 19.1 Å². The topological polar surface area (TPSA) is 165 Å². The van der Waals surface area contributed by atoms with Gasteiger partial charge in [-0.1, -0.05) is 37.1 Å². The zero-order valence-corrected chi connectivity index (χ0v) is 32.6. The van der Waals surface area contributed by atoms with Gasteiger partial charge in [0.2, 0.25) is 5.79 Å². The maximum atomic E-state index is 14.4. The minimum Gasteiger partial charge on any atom is -0.492 e. The number of allylic oxidation sites excluding steroid dienone is 1. The van der Waals surface area contributed by atoms with E-state index in [1.54, 1.807) is 11.0 Å². The molecule has 0 spiro atoms. The predicted molar refractivity (Wildman–Crippen MR) is 210 cm³/mol. The monoisotopic (exact) mass is 776 g/mol. The van der Waals surface area contributed by atoms with Crippen molar-refractivity contribution in [2.75, 3.05) is 59.7 Å². The van der Waals surface area contributed by atoms with Crippen LogP contribution < -0.4 is 14.2 Å². The largest absolute Gasteiger partial charge is 0.492 e. The van der Waals surface area contributed by atoms with Crippen LogP contribution in [0, 0.1) is 27.9 Å². The summed E-state index contributed by atoms with van der Waals surface area (Å²) in [6.45, 7) is 10.1. The Labute approximate surface area is 328 Å². The van der Waals surface area contributed by atoms with Gasteiger partial charge in [0.05, 0.1) is 23.2 Å².